The van der Waals surface area contributed by atoms with Crippen LogP contribution in [0, 0.1) is 6.92 Å². The molecule has 0 saturated carbocycles. The average molecular weight is 382 g/mol. The van der Waals surface area contributed by atoms with Crippen LogP contribution in [0.3, 0.4) is 0 Å². The van der Waals surface area contributed by atoms with Crippen LogP contribution < -0.4 is 10.6 Å². The topological polar surface area (TPSA) is 86.7 Å². The first-order valence-corrected chi connectivity index (χ1v) is 10.9. The number of aromatic nitrogens is 1. The van der Waals surface area contributed by atoms with Crippen LogP contribution in [-0.4, -0.2) is 62.1 Å². The number of nitrogens with one attached hydrogen (secondary N) is 2. The minimum Gasteiger partial charge on any atom is -0.356 e. The van der Waals surface area contributed by atoms with Crippen molar-refractivity contribution in [2.24, 2.45) is 4.99 Å². The van der Waals surface area contributed by atoms with Crippen LogP contribution in [0.5, 0.6) is 0 Å². The first kappa shape index (κ1) is 20.6. The Labute approximate surface area is 157 Å². The van der Waals surface area contributed by atoms with E-state index in [4.69, 9.17) is 0 Å². The second kappa shape index (κ2) is 9.87. The number of aryl methyl sites for hydroxylation is 1. The van der Waals surface area contributed by atoms with Gasteiger partial charge in [0, 0.05) is 45.1 Å². The Morgan fingerprint density at radius 3 is 2.73 bits per heavy atom. The quantitative estimate of drug-likeness (QED) is 0.549. The van der Waals surface area contributed by atoms with Crippen LogP contribution in [-0.2, 0) is 16.4 Å². The number of piperidine rings is 1. The van der Waals surface area contributed by atoms with E-state index in [-0.39, 0.29) is 11.8 Å². The normalized spacial score (nSPS) is 17.3. The van der Waals surface area contributed by atoms with Crippen LogP contribution in [0.25, 0.3) is 0 Å². The van der Waals surface area contributed by atoms with Gasteiger partial charge in [-0.15, -0.1) is 0 Å². The number of sulfonamides is 1. The number of nitrogens with zero attached hydrogens (tertiary/aromatic N) is 3. The lowest BCUT2D eigenvalue weighted by molar-refractivity contribution is 0.306. The van der Waals surface area contributed by atoms with Gasteiger partial charge in [-0.1, -0.05) is 6.92 Å². The van der Waals surface area contributed by atoms with Crippen LogP contribution >= 0.6 is 0 Å². The summed E-state index contributed by atoms with van der Waals surface area (Å²) in [6.07, 6.45) is 6.86. The van der Waals surface area contributed by atoms with Crippen molar-refractivity contribution in [1.82, 2.24) is 19.9 Å². The molecule has 2 N–H and O–H groups in total. The fraction of sp³-hybridized carbons (Fsp3) is 0.667. The summed E-state index contributed by atoms with van der Waals surface area (Å²) in [6.45, 7) is 5.90. The maximum Gasteiger partial charge on any atom is 0.214 e. The predicted octanol–water partition coefficient (Wildman–Crippen LogP) is 1.30. The number of guanidine groups is 1. The van der Waals surface area contributed by atoms with Gasteiger partial charge in [0.15, 0.2) is 5.96 Å². The Bertz CT molecular complexity index is 697. The fourth-order valence-corrected chi connectivity index (χ4v) is 4.69. The number of hydrogen-bond donors (Lipinski definition) is 2. The van der Waals surface area contributed by atoms with Crippen LogP contribution in [0.15, 0.2) is 23.5 Å². The molecule has 0 aromatic carbocycles. The molecule has 2 heterocycles. The maximum absolute atomic E-state index is 12.1. The fourth-order valence-electron chi connectivity index (χ4n) is 3.15. The van der Waals surface area contributed by atoms with E-state index < -0.39 is 10.0 Å². The van der Waals surface area contributed by atoms with Gasteiger partial charge >= 0.3 is 0 Å². The first-order valence-electron chi connectivity index (χ1n) is 9.30. The van der Waals surface area contributed by atoms with Gasteiger partial charge in [0.2, 0.25) is 10.0 Å². The molecular formula is C18H31N5O2S. The van der Waals surface area contributed by atoms with E-state index in [1.165, 1.54) is 11.1 Å². The standard InChI is InChI=1S/C18H31N5O2S/c1-4-13-26(24,25)23-11-7-17(8-12-23)22-18(19-3)21-10-6-16-5-9-20-14-15(16)2/h5,9,14,17H,4,6-8,10-13H2,1-3H3,(H2,19,21,22). The summed E-state index contributed by atoms with van der Waals surface area (Å²) >= 11 is 0. The zero-order valence-electron chi connectivity index (χ0n) is 16.0. The van der Waals surface area contributed by atoms with Crippen molar-refractivity contribution < 1.29 is 8.42 Å². The first-order chi connectivity index (χ1) is 12.5. The Kier molecular flexibility index (Phi) is 7.84. The molecule has 2 rings (SSSR count). The highest BCUT2D eigenvalue weighted by Crippen LogP contribution is 2.15. The van der Waals surface area contributed by atoms with Gasteiger partial charge in [0.25, 0.3) is 0 Å². The highest BCUT2D eigenvalue weighted by Gasteiger charge is 2.27. The number of rotatable bonds is 7. The number of pyridine rings is 1. The zero-order chi connectivity index (χ0) is 19.0. The summed E-state index contributed by atoms with van der Waals surface area (Å²) < 4.78 is 25.9. The lowest BCUT2D eigenvalue weighted by atomic mass is 10.1. The second-order valence-electron chi connectivity index (χ2n) is 6.68. The van der Waals surface area contributed by atoms with Gasteiger partial charge in [-0.25, -0.2) is 12.7 Å². The molecule has 0 bridgehead atoms. The van der Waals surface area contributed by atoms with E-state index >= 15 is 0 Å². The van der Waals surface area contributed by atoms with E-state index in [1.807, 2.05) is 25.4 Å². The van der Waals surface area contributed by atoms with Crippen molar-refractivity contribution >= 4 is 16.0 Å². The minimum absolute atomic E-state index is 0.239. The van der Waals surface area contributed by atoms with Gasteiger partial charge in [0.05, 0.1) is 5.75 Å². The molecule has 26 heavy (non-hydrogen) atoms. The van der Waals surface area contributed by atoms with Crippen LogP contribution in [0.2, 0.25) is 0 Å². The molecule has 1 aliphatic rings. The molecule has 0 atom stereocenters. The van der Waals surface area contributed by atoms with Crippen LogP contribution in [0.1, 0.15) is 37.3 Å². The molecule has 0 radical (unpaired) electrons. The monoisotopic (exact) mass is 381 g/mol. The maximum atomic E-state index is 12.1. The molecule has 1 fully saturated rings. The van der Waals surface area contributed by atoms with Crippen molar-refractivity contribution in [2.75, 3.05) is 32.4 Å². The summed E-state index contributed by atoms with van der Waals surface area (Å²) in [5, 5.41) is 6.76. The Balaban J connectivity index is 1.76. The summed E-state index contributed by atoms with van der Waals surface area (Å²) in [5.74, 6) is 1.01. The summed E-state index contributed by atoms with van der Waals surface area (Å²) in [4.78, 5) is 8.40. The Morgan fingerprint density at radius 1 is 1.38 bits per heavy atom. The Hall–Kier alpha value is -1.67. The molecule has 1 aliphatic heterocycles. The SMILES string of the molecule is CCCS(=O)(=O)N1CCC(NC(=NC)NCCc2ccncc2C)CC1. The van der Waals surface area contributed by atoms with E-state index in [9.17, 15) is 8.42 Å². The summed E-state index contributed by atoms with van der Waals surface area (Å²) in [7, 11) is -1.33. The van der Waals surface area contributed by atoms with Gasteiger partial charge in [-0.05, 0) is 49.8 Å². The second-order valence-corrected chi connectivity index (χ2v) is 8.77. The Morgan fingerprint density at radius 2 is 2.12 bits per heavy atom. The van der Waals surface area contributed by atoms with Crippen molar-refractivity contribution in [2.45, 2.75) is 45.6 Å². The molecule has 1 aromatic heterocycles. The van der Waals surface area contributed by atoms with E-state index in [0.29, 0.717) is 19.5 Å². The van der Waals surface area contributed by atoms with Crippen molar-refractivity contribution in [3.8, 4) is 0 Å². The largest absolute Gasteiger partial charge is 0.356 e. The summed E-state index contributed by atoms with van der Waals surface area (Å²) in [5.41, 5.74) is 2.47. The summed E-state index contributed by atoms with van der Waals surface area (Å²) in [6, 6.07) is 2.29. The van der Waals surface area contributed by atoms with E-state index in [1.54, 1.807) is 11.4 Å². The molecule has 0 unspecified atom stereocenters. The van der Waals surface area contributed by atoms with Crippen molar-refractivity contribution in [3.05, 3.63) is 29.6 Å². The molecule has 8 heteroatoms. The van der Waals surface area contributed by atoms with E-state index in [0.717, 1.165) is 31.8 Å². The molecule has 0 spiro atoms. The van der Waals surface area contributed by atoms with E-state index in [2.05, 4.69) is 27.5 Å². The lowest BCUT2D eigenvalue weighted by Gasteiger charge is -2.32. The highest BCUT2D eigenvalue weighted by atomic mass is 32.2. The van der Waals surface area contributed by atoms with Crippen LogP contribution in [0.4, 0.5) is 0 Å². The molecule has 0 aliphatic carbocycles. The molecule has 1 saturated heterocycles. The third-order valence-corrected chi connectivity index (χ3v) is 6.77. The average Bonchev–Trinajstić information content (AvgIpc) is 2.63. The van der Waals surface area contributed by atoms with Gasteiger partial charge < -0.3 is 10.6 Å². The molecular weight excluding hydrogens is 350 g/mol. The van der Waals surface area contributed by atoms with Crippen molar-refractivity contribution in [1.29, 1.82) is 0 Å². The molecule has 7 nitrogen and oxygen atoms in total. The number of hydrogen-bond acceptors (Lipinski definition) is 4. The molecule has 1 aromatic rings. The smallest absolute Gasteiger partial charge is 0.214 e. The van der Waals surface area contributed by atoms with Crippen molar-refractivity contribution in [3.63, 3.8) is 0 Å². The predicted molar refractivity (Wildman–Crippen MR) is 106 cm³/mol. The van der Waals surface area contributed by atoms with Gasteiger partial charge in [0.1, 0.15) is 0 Å². The molecule has 0 amide bonds. The number of aliphatic imine (C=N–C) groups is 1. The third kappa shape index (κ3) is 5.95. The van der Waals surface area contributed by atoms with Gasteiger partial charge in [-0.2, -0.15) is 0 Å². The van der Waals surface area contributed by atoms with Gasteiger partial charge in [-0.3, -0.25) is 9.98 Å². The minimum atomic E-state index is -3.09. The highest BCUT2D eigenvalue weighted by molar-refractivity contribution is 7.89. The third-order valence-electron chi connectivity index (χ3n) is 4.70. The molecule has 146 valence electrons. The zero-order valence-corrected chi connectivity index (χ0v) is 16.8. The lowest BCUT2D eigenvalue weighted by Crippen LogP contribution is -2.50.